The lowest BCUT2D eigenvalue weighted by Gasteiger charge is -2.38. The third kappa shape index (κ3) is 3.75. The first-order valence-electron chi connectivity index (χ1n) is 10.2. The van der Waals surface area contributed by atoms with Gasteiger partial charge in [0.15, 0.2) is 0 Å². The van der Waals surface area contributed by atoms with E-state index in [9.17, 15) is 14.4 Å². The van der Waals surface area contributed by atoms with Crippen LogP contribution >= 0.6 is 0 Å². The number of nitrogens with zero attached hydrogens (tertiary/aromatic N) is 2. The fraction of sp³-hybridized carbons (Fsp3) is 0.348. The van der Waals surface area contributed by atoms with Crippen LogP contribution in [-0.2, 0) is 11.3 Å². The molecule has 2 saturated heterocycles. The van der Waals surface area contributed by atoms with Gasteiger partial charge in [-0.15, -0.1) is 0 Å². The van der Waals surface area contributed by atoms with Gasteiger partial charge in [0.05, 0.1) is 19.7 Å². The lowest BCUT2D eigenvalue weighted by molar-refractivity contribution is -0.133. The second-order valence-electron chi connectivity index (χ2n) is 7.68. The molecule has 1 atom stereocenters. The summed E-state index contributed by atoms with van der Waals surface area (Å²) in [7, 11) is 0. The van der Waals surface area contributed by atoms with Crippen molar-refractivity contribution in [1.82, 2.24) is 15.1 Å². The van der Waals surface area contributed by atoms with E-state index in [4.69, 9.17) is 4.74 Å². The molecule has 1 spiro atoms. The third-order valence-electron chi connectivity index (χ3n) is 5.62. The molecular formula is C23H25N3O4. The van der Waals surface area contributed by atoms with Crippen LogP contribution in [0.2, 0.25) is 0 Å². The first-order chi connectivity index (χ1) is 14.5. The highest BCUT2D eigenvalue weighted by molar-refractivity contribution is 6.07. The SMILES string of the molecule is CCOc1ccc(C(=O)N2CCC[C@]3(C2)NC(=O)N(Cc2ccccc2)C3=O)cc1. The summed E-state index contributed by atoms with van der Waals surface area (Å²) in [5.74, 6) is 0.292. The number of amides is 4. The van der Waals surface area contributed by atoms with E-state index in [0.29, 0.717) is 37.3 Å². The van der Waals surface area contributed by atoms with Crippen LogP contribution in [0.25, 0.3) is 0 Å². The highest BCUT2D eigenvalue weighted by Gasteiger charge is 2.53. The summed E-state index contributed by atoms with van der Waals surface area (Å²) in [4.78, 5) is 41.7. The van der Waals surface area contributed by atoms with Crippen molar-refractivity contribution in [1.29, 1.82) is 0 Å². The van der Waals surface area contributed by atoms with Gasteiger partial charge in [-0.25, -0.2) is 4.79 Å². The minimum Gasteiger partial charge on any atom is -0.494 e. The van der Waals surface area contributed by atoms with Crippen molar-refractivity contribution in [3.8, 4) is 5.75 Å². The molecule has 7 nitrogen and oxygen atoms in total. The molecule has 30 heavy (non-hydrogen) atoms. The van der Waals surface area contributed by atoms with Crippen LogP contribution in [0, 0.1) is 0 Å². The van der Waals surface area contributed by atoms with Gasteiger partial charge in [0, 0.05) is 12.1 Å². The van der Waals surface area contributed by atoms with Crippen molar-refractivity contribution in [2.75, 3.05) is 19.7 Å². The predicted octanol–water partition coefficient (Wildman–Crippen LogP) is 2.81. The Morgan fingerprint density at radius 2 is 1.83 bits per heavy atom. The molecule has 0 bridgehead atoms. The Morgan fingerprint density at radius 3 is 2.53 bits per heavy atom. The molecule has 2 aliphatic rings. The minimum atomic E-state index is -1.05. The predicted molar refractivity (Wildman–Crippen MR) is 111 cm³/mol. The van der Waals surface area contributed by atoms with Gasteiger partial charge in [0.2, 0.25) is 0 Å². The average Bonchev–Trinajstić information content (AvgIpc) is 2.98. The van der Waals surface area contributed by atoms with Gasteiger partial charge < -0.3 is 15.0 Å². The fourth-order valence-electron chi connectivity index (χ4n) is 4.13. The molecule has 0 unspecified atom stereocenters. The van der Waals surface area contributed by atoms with Gasteiger partial charge in [-0.2, -0.15) is 0 Å². The van der Waals surface area contributed by atoms with Gasteiger partial charge >= 0.3 is 6.03 Å². The molecule has 2 aromatic rings. The lowest BCUT2D eigenvalue weighted by atomic mass is 9.88. The van der Waals surface area contributed by atoms with Crippen molar-refractivity contribution in [2.45, 2.75) is 31.8 Å². The first-order valence-corrected chi connectivity index (χ1v) is 10.2. The maximum absolute atomic E-state index is 13.2. The molecule has 2 aliphatic heterocycles. The van der Waals surface area contributed by atoms with Crippen molar-refractivity contribution in [3.05, 3.63) is 65.7 Å². The number of rotatable bonds is 5. The number of urea groups is 1. The minimum absolute atomic E-state index is 0.152. The van der Waals surface area contributed by atoms with Crippen LogP contribution in [0.5, 0.6) is 5.75 Å². The van der Waals surface area contributed by atoms with Gasteiger partial charge in [-0.05, 0) is 49.6 Å². The molecule has 4 rings (SSSR count). The summed E-state index contributed by atoms with van der Waals surface area (Å²) in [6.45, 7) is 3.41. The topological polar surface area (TPSA) is 79.0 Å². The molecular weight excluding hydrogens is 382 g/mol. The Morgan fingerprint density at radius 1 is 1.10 bits per heavy atom. The Labute approximate surface area is 175 Å². The van der Waals surface area contributed by atoms with E-state index in [1.807, 2.05) is 37.3 Å². The smallest absolute Gasteiger partial charge is 0.325 e. The van der Waals surface area contributed by atoms with E-state index in [0.717, 1.165) is 5.56 Å². The molecule has 2 aromatic carbocycles. The second kappa shape index (κ2) is 8.18. The molecule has 156 valence electrons. The average molecular weight is 407 g/mol. The van der Waals surface area contributed by atoms with E-state index in [2.05, 4.69) is 5.32 Å². The van der Waals surface area contributed by atoms with Crippen LogP contribution in [0.15, 0.2) is 54.6 Å². The van der Waals surface area contributed by atoms with Gasteiger partial charge in [-0.3, -0.25) is 14.5 Å². The number of likely N-dealkylation sites (tertiary alicyclic amines) is 1. The number of hydrogen-bond acceptors (Lipinski definition) is 4. The Hall–Kier alpha value is -3.35. The molecule has 0 radical (unpaired) electrons. The highest BCUT2D eigenvalue weighted by atomic mass is 16.5. The zero-order valence-electron chi connectivity index (χ0n) is 17.0. The number of nitrogens with one attached hydrogen (secondary N) is 1. The largest absolute Gasteiger partial charge is 0.494 e. The molecule has 0 aromatic heterocycles. The van der Waals surface area contributed by atoms with Crippen LogP contribution in [0.4, 0.5) is 4.79 Å². The molecule has 7 heteroatoms. The van der Waals surface area contributed by atoms with Crippen LogP contribution in [-0.4, -0.2) is 52.9 Å². The molecule has 1 N–H and O–H groups in total. The summed E-state index contributed by atoms with van der Waals surface area (Å²) in [6, 6.07) is 16.0. The number of carbonyl (C=O) groups is 3. The first kappa shape index (κ1) is 19.9. The van der Waals surface area contributed by atoms with Crippen molar-refractivity contribution in [3.63, 3.8) is 0 Å². The Kier molecular flexibility index (Phi) is 5.44. The number of hydrogen-bond donors (Lipinski definition) is 1. The number of piperidine rings is 1. The van der Waals surface area contributed by atoms with Crippen LogP contribution in [0.1, 0.15) is 35.7 Å². The number of benzene rings is 2. The quantitative estimate of drug-likeness (QED) is 0.773. The van der Waals surface area contributed by atoms with Gasteiger partial charge in [0.1, 0.15) is 11.3 Å². The van der Waals surface area contributed by atoms with Gasteiger partial charge in [0.25, 0.3) is 11.8 Å². The lowest BCUT2D eigenvalue weighted by Crippen LogP contribution is -2.59. The zero-order chi connectivity index (χ0) is 21.1. The third-order valence-corrected chi connectivity index (χ3v) is 5.62. The molecule has 2 fully saturated rings. The maximum atomic E-state index is 13.2. The highest BCUT2D eigenvalue weighted by Crippen LogP contribution is 2.30. The summed E-state index contributed by atoms with van der Waals surface area (Å²) < 4.78 is 5.43. The second-order valence-corrected chi connectivity index (χ2v) is 7.68. The number of carbonyl (C=O) groups excluding carboxylic acids is 3. The summed E-state index contributed by atoms with van der Waals surface area (Å²) in [5, 5.41) is 2.88. The summed E-state index contributed by atoms with van der Waals surface area (Å²) >= 11 is 0. The van der Waals surface area contributed by atoms with E-state index < -0.39 is 11.6 Å². The monoisotopic (exact) mass is 407 g/mol. The Bertz CT molecular complexity index is 945. The van der Waals surface area contributed by atoms with Crippen molar-refractivity contribution < 1.29 is 19.1 Å². The maximum Gasteiger partial charge on any atom is 0.325 e. The zero-order valence-corrected chi connectivity index (χ0v) is 17.0. The molecule has 0 aliphatic carbocycles. The number of ether oxygens (including phenoxy) is 1. The van der Waals surface area contributed by atoms with E-state index in [1.165, 1.54) is 4.90 Å². The van der Waals surface area contributed by atoms with E-state index >= 15 is 0 Å². The van der Waals surface area contributed by atoms with Crippen molar-refractivity contribution in [2.24, 2.45) is 0 Å². The normalized spacial score (nSPS) is 21.1. The van der Waals surface area contributed by atoms with E-state index in [1.54, 1.807) is 29.2 Å². The van der Waals surface area contributed by atoms with E-state index in [-0.39, 0.29) is 24.9 Å². The van der Waals surface area contributed by atoms with Gasteiger partial charge in [-0.1, -0.05) is 30.3 Å². The van der Waals surface area contributed by atoms with Crippen molar-refractivity contribution >= 4 is 17.8 Å². The van der Waals surface area contributed by atoms with Crippen LogP contribution in [0.3, 0.4) is 0 Å². The molecule has 4 amide bonds. The summed E-state index contributed by atoms with van der Waals surface area (Å²) in [5.41, 5.74) is 0.370. The number of imide groups is 1. The molecule has 2 heterocycles. The van der Waals surface area contributed by atoms with Crippen LogP contribution < -0.4 is 10.1 Å². The standard InChI is InChI=1S/C23H25N3O4/c1-2-30-19-11-9-18(10-12-19)20(27)25-14-6-13-23(16-25)21(28)26(22(29)24-23)15-17-7-4-3-5-8-17/h3-5,7-12H,2,6,13-16H2,1H3,(H,24,29)/t23-/m1/s1. The fourth-order valence-corrected chi connectivity index (χ4v) is 4.13. The summed E-state index contributed by atoms with van der Waals surface area (Å²) in [6.07, 6.45) is 1.17. The Balaban J connectivity index is 1.49. The molecule has 0 saturated carbocycles.